The van der Waals surface area contributed by atoms with Crippen molar-refractivity contribution in [1.82, 2.24) is 9.47 Å². The molecule has 5 heteroatoms. The predicted octanol–water partition coefficient (Wildman–Crippen LogP) is 3.97. The van der Waals surface area contributed by atoms with Gasteiger partial charge in [-0.1, -0.05) is 60.7 Å². The molecule has 0 atom stereocenters. The molecule has 0 aliphatic carbocycles. The van der Waals surface area contributed by atoms with Crippen molar-refractivity contribution >= 4 is 11.9 Å². The second-order valence-corrected chi connectivity index (χ2v) is 7.17. The summed E-state index contributed by atoms with van der Waals surface area (Å²) >= 11 is 0. The number of rotatable bonds is 7. The molecule has 29 heavy (non-hydrogen) atoms. The van der Waals surface area contributed by atoms with Crippen LogP contribution in [0, 0.1) is 13.8 Å². The van der Waals surface area contributed by atoms with Gasteiger partial charge in [-0.2, -0.15) is 0 Å². The highest BCUT2D eigenvalue weighted by molar-refractivity contribution is 5.92. The number of aryl methyl sites for hydroxylation is 1. The highest BCUT2D eigenvalue weighted by Crippen LogP contribution is 2.18. The van der Waals surface area contributed by atoms with E-state index in [1.54, 1.807) is 11.9 Å². The summed E-state index contributed by atoms with van der Waals surface area (Å²) in [6, 6.07) is 21.6. The van der Waals surface area contributed by atoms with Crippen LogP contribution < -0.4 is 0 Å². The maximum absolute atomic E-state index is 12.6. The van der Waals surface area contributed by atoms with E-state index in [0.717, 1.165) is 22.5 Å². The topological polar surface area (TPSA) is 51.5 Å². The van der Waals surface area contributed by atoms with Crippen molar-refractivity contribution in [2.75, 3.05) is 13.7 Å². The Kier molecular flexibility index (Phi) is 6.50. The highest BCUT2D eigenvalue weighted by Gasteiger charge is 2.19. The summed E-state index contributed by atoms with van der Waals surface area (Å²) in [6.07, 6.45) is 0. The number of carbonyl (C=O) groups is 2. The number of hydrogen-bond acceptors (Lipinski definition) is 3. The maximum atomic E-state index is 12.6. The first-order valence-corrected chi connectivity index (χ1v) is 9.61. The fraction of sp³-hybridized carbons (Fsp3) is 0.250. The van der Waals surface area contributed by atoms with Gasteiger partial charge in [0.25, 0.3) is 5.91 Å². The molecule has 0 saturated heterocycles. The van der Waals surface area contributed by atoms with Gasteiger partial charge in [-0.05, 0) is 31.0 Å². The van der Waals surface area contributed by atoms with Gasteiger partial charge in [0.1, 0.15) is 0 Å². The molecule has 1 amide bonds. The Bertz CT molecular complexity index is 978. The summed E-state index contributed by atoms with van der Waals surface area (Å²) in [5.74, 6) is -0.709. The second-order valence-electron chi connectivity index (χ2n) is 7.17. The van der Waals surface area contributed by atoms with E-state index in [2.05, 4.69) is 16.7 Å². The Labute approximate surface area is 171 Å². The zero-order valence-corrected chi connectivity index (χ0v) is 17.1. The van der Waals surface area contributed by atoms with Crippen LogP contribution in [-0.4, -0.2) is 35.0 Å². The molecular formula is C24H26N2O3. The van der Waals surface area contributed by atoms with Gasteiger partial charge < -0.3 is 14.2 Å². The number of nitrogens with zero attached hydrogens (tertiary/aromatic N) is 2. The van der Waals surface area contributed by atoms with Crippen molar-refractivity contribution in [1.29, 1.82) is 0 Å². The number of benzene rings is 2. The average Bonchev–Trinajstić information content (AvgIpc) is 3.01. The summed E-state index contributed by atoms with van der Waals surface area (Å²) < 4.78 is 7.38. The van der Waals surface area contributed by atoms with Gasteiger partial charge >= 0.3 is 5.97 Å². The Morgan fingerprint density at radius 2 is 1.52 bits per heavy atom. The van der Waals surface area contributed by atoms with Gasteiger partial charge in [-0.25, -0.2) is 4.79 Å². The van der Waals surface area contributed by atoms with Crippen LogP contribution >= 0.6 is 0 Å². The Hall–Kier alpha value is -3.34. The first-order chi connectivity index (χ1) is 14.0. The lowest BCUT2D eigenvalue weighted by Crippen LogP contribution is -2.30. The number of amides is 1. The lowest BCUT2D eigenvalue weighted by atomic mass is 10.2. The summed E-state index contributed by atoms with van der Waals surface area (Å²) in [4.78, 5) is 26.4. The molecule has 0 saturated carbocycles. The molecule has 0 N–H and O–H groups in total. The lowest BCUT2D eigenvalue weighted by molar-refractivity contribution is -0.133. The molecule has 0 fully saturated rings. The SMILES string of the molecule is Cc1cc(C(=O)OCC(=O)N(C)Cc2ccccc2)c(C)n1Cc1ccccc1. The molecule has 0 aliphatic heterocycles. The van der Waals surface area contributed by atoms with Crippen molar-refractivity contribution in [3.8, 4) is 0 Å². The van der Waals surface area contributed by atoms with Crippen LogP contribution in [0.5, 0.6) is 0 Å². The van der Waals surface area contributed by atoms with Crippen molar-refractivity contribution in [3.63, 3.8) is 0 Å². The highest BCUT2D eigenvalue weighted by atomic mass is 16.5. The number of esters is 1. The maximum Gasteiger partial charge on any atom is 0.340 e. The molecule has 0 spiro atoms. The van der Waals surface area contributed by atoms with Gasteiger partial charge in [0.05, 0.1) is 5.56 Å². The Morgan fingerprint density at radius 3 is 2.14 bits per heavy atom. The van der Waals surface area contributed by atoms with E-state index in [1.165, 1.54) is 0 Å². The van der Waals surface area contributed by atoms with Gasteiger partial charge in [-0.15, -0.1) is 0 Å². The molecule has 0 unspecified atom stereocenters. The van der Waals surface area contributed by atoms with Crippen LogP contribution in [0.25, 0.3) is 0 Å². The molecule has 0 radical (unpaired) electrons. The molecular weight excluding hydrogens is 364 g/mol. The first-order valence-electron chi connectivity index (χ1n) is 9.61. The normalized spacial score (nSPS) is 10.6. The van der Waals surface area contributed by atoms with Crippen LogP contribution in [0.4, 0.5) is 0 Å². The quantitative estimate of drug-likeness (QED) is 0.574. The zero-order chi connectivity index (χ0) is 20.8. The molecule has 150 valence electrons. The van der Waals surface area contributed by atoms with Crippen LogP contribution in [0.15, 0.2) is 66.7 Å². The van der Waals surface area contributed by atoms with Crippen molar-refractivity contribution in [2.45, 2.75) is 26.9 Å². The molecule has 5 nitrogen and oxygen atoms in total. The zero-order valence-electron chi connectivity index (χ0n) is 17.1. The standard InChI is InChI=1S/C24H26N2O3/c1-18-14-22(19(2)26(18)16-21-12-8-5-9-13-21)24(28)29-17-23(27)25(3)15-20-10-6-4-7-11-20/h4-14H,15-17H2,1-3H3. The monoisotopic (exact) mass is 390 g/mol. The van der Waals surface area contributed by atoms with Gasteiger partial charge in [-0.3, -0.25) is 4.79 Å². The van der Waals surface area contributed by atoms with E-state index in [0.29, 0.717) is 18.7 Å². The van der Waals surface area contributed by atoms with E-state index in [9.17, 15) is 9.59 Å². The third-order valence-corrected chi connectivity index (χ3v) is 4.99. The Morgan fingerprint density at radius 1 is 0.931 bits per heavy atom. The largest absolute Gasteiger partial charge is 0.452 e. The molecule has 1 aromatic heterocycles. The number of ether oxygens (including phenoxy) is 1. The third kappa shape index (κ3) is 5.13. The number of aromatic nitrogens is 1. The fourth-order valence-corrected chi connectivity index (χ4v) is 3.28. The van der Waals surface area contributed by atoms with Crippen molar-refractivity contribution in [3.05, 3.63) is 94.8 Å². The van der Waals surface area contributed by atoms with E-state index in [-0.39, 0.29) is 12.5 Å². The minimum Gasteiger partial charge on any atom is -0.452 e. The van der Waals surface area contributed by atoms with Crippen LogP contribution in [0.1, 0.15) is 32.9 Å². The van der Waals surface area contributed by atoms with Crippen molar-refractivity contribution in [2.24, 2.45) is 0 Å². The molecule has 3 aromatic rings. The molecule has 1 heterocycles. The number of carbonyl (C=O) groups excluding carboxylic acids is 2. The molecule has 2 aromatic carbocycles. The molecule has 0 bridgehead atoms. The predicted molar refractivity (Wildman–Crippen MR) is 113 cm³/mol. The smallest absolute Gasteiger partial charge is 0.340 e. The number of likely N-dealkylation sites (N-methyl/N-ethyl adjacent to an activating group) is 1. The van der Waals surface area contributed by atoms with Gasteiger partial charge in [0.15, 0.2) is 6.61 Å². The minimum absolute atomic E-state index is 0.236. The first kappa shape index (κ1) is 20.4. The van der Waals surface area contributed by atoms with Crippen LogP contribution in [0.2, 0.25) is 0 Å². The van der Waals surface area contributed by atoms with Crippen LogP contribution in [-0.2, 0) is 22.6 Å². The summed E-state index contributed by atoms with van der Waals surface area (Å²) in [5, 5.41) is 0. The van der Waals surface area contributed by atoms with E-state index >= 15 is 0 Å². The molecule has 0 aliphatic rings. The second kappa shape index (κ2) is 9.24. The van der Waals surface area contributed by atoms with Crippen LogP contribution in [0.3, 0.4) is 0 Å². The average molecular weight is 390 g/mol. The number of hydrogen-bond donors (Lipinski definition) is 0. The lowest BCUT2D eigenvalue weighted by Gasteiger charge is -2.17. The van der Waals surface area contributed by atoms with E-state index in [4.69, 9.17) is 4.74 Å². The summed E-state index contributed by atoms with van der Waals surface area (Å²) in [7, 11) is 1.70. The van der Waals surface area contributed by atoms with Gasteiger partial charge in [0.2, 0.25) is 0 Å². The van der Waals surface area contributed by atoms with E-state index in [1.807, 2.05) is 68.4 Å². The van der Waals surface area contributed by atoms with Gasteiger partial charge in [0, 0.05) is 31.5 Å². The third-order valence-electron chi connectivity index (χ3n) is 4.99. The Balaban J connectivity index is 1.60. The van der Waals surface area contributed by atoms with E-state index < -0.39 is 5.97 Å². The molecule has 3 rings (SSSR count). The summed E-state index contributed by atoms with van der Waals surface area (Å²) in [6.45, 7) is 4.75. The summed E-state index contributed by atoms with van der Waals surface area (Å²) in [5.41, 5.74) is 4.50. The van der Waals surface area contributed by atoms with Crippen molar-refractivity contribution < 1.29 is 14.3 Å². The minimum atomic E-state index is -0.473. The fourth-order valence-electron chi connectivity index (χ4n) is 3.28.